The molecule has 2 N–H and O–H groups in total. The van der Waals surface area contributed by atoms with E-state index in [1.165, 1.54) is 6.07 Å². The van der Waals surface area contributed by atoms with E-state index >= 15 is 0 Å². The van der Waals surface area contributed by atoms with E-state index in [0.717, 1.165) is 31.2 Å². The van der Waals surface area contributed by atoms with E-state index in [1.54, 1.807) is 12.1 Å². The van der Waals surface area contributed by atoms with Gasteiger partial charge in [0, 0.05) is 30.8 Å². The average Bonchev–Trinajstić information content (AvgIpc) is 3.59. The zero-order valence-corrected chi connectivity index (χ0v) is 22.0. The van der Waals surface area contributed by atoms with Crippen molar-refractivity contribution in [3.63, 3.8) is 0 Å². The molecule has 2 aromatic carbocycles. The van der Waals surface area contributed by atoms with Crippen LogP contribution < -0.4 is 5.32 Å². The average molecular weight is 519 g/mol. The molecular formula is C30H35FN4O3. The minimum absolute atomic E-state index is 0.0564. The second-order valence-electron chi connectivity index (χ2n) is 10.9. The maximum Gasteiger partial charge on any atom is 0.225 e. The highest BCUT2D eigenvalue weighted by molar-refractivity contribution is 5.95. The second-order valence-corrected chi connectivity index (χ2v) is 10.9. The number of carbonyl (C=O) groups excluding carboxylic acids is 3. The fourth-order valence-electron chi connectivity index (χ4n) is 5.63. The van der Waals surface area contributed by atoms with Crippen LogP contribution in [0.25, 0.3) is 11.0 Å². The molecule has 2 heterocycles. The molecule has 2 amide bonds. The molecule has 0 spiro atoms. The van der Waals surface area contributed by atoms with E-state index in [0.29, 0.717) is 17.9 Å². The molecule has 5 rings (SSSR count). The number of hydrogen-bond donors (Lipinski definition) is 2. The van der Waals surface area contributed by atoms with E-state index in [2.05, 4.69) is 15.3 Å². The first kappa shape index (κ1) is 26.1. The van der Waals surface area contributed by atoms with Gasteiger partial charge >= 0.3 is 0 Å². The Hall–Kier alpha value is -3.55. The molecule has 0 bridgehead atoms. The SMILES string of the molecule is C[C@H](CC(=O)[C@H](CC(=O)N1CCCC[C@@H]1C)NC(=O)[C@H]1C[C@@H]1c1ccccc1)c1nc2c(F)cccc2[nH]1. The number of Topliss-reactive ketones (excluding diaryl/α,β-unsaturated/α-hetero) is 1. The molecule has 3 aromatic rings. The molecule has 1 aliphatic carbocycles. The number of nitrogens with zero attached hydrogens (tertiary/aromatic N) is 2. The number of nitrogens with one attached hydrogen (secondary N) is 2. The first-order valence-corrected chi connectivity index (χ1v) is 13.6. The van der Waals surface area contributed by atoms with Crippen LogP contribution in [0.5, 0.6) is 0 Å². The predicted molar refractivity (Wildman–Crippen MR) is 143 cm³/mol. The zero-order valence-electron chi connectivity index (χ0n) is 22.0. The lowest BCUT2D eigenvalue weighted by Crippen LogP contribution is -2.48. The largest absolute Gasteiger partial charge is 0.346 e. The lowest BCUT2D eigenvalue weighted by Gasteiger charge is -2.34. The lowest BCUT2D eigenvalue weighted by molar-refractivity contribution is -0.138. The fourth-order valence-corrected chi connectivity index (χ4v) is 5.63. The summed E-state index contributed by atoms with van der Waals surface area (Å²) in [5.74, 6) is -0.836. The molecule has 8 heteroatoms. The van der Waals surface area contributed by atoms with Crippen LogP contribution in [0, 0.1) is 11.7 Å². The molecule has 0 radical (unpaired) electrons. The Morgan fingerprint density at radius 2 is 1.89 bits per heavy atom. The third-order valence-corrected chi connectivity index (χ3v) is 8.02. The van der Waals surface area contributed by atoms with E-state index in [9.17, 15) is 18.8 Å². The third-order valence-electron chi connectivity index (χ3n) is 8.02. The number of aromatic nitrogens is 2. The molecule has 2 aliphatic rings. The van der Waals surface area contributed by atoms with Gasteiger partial charge in [0.1, 0.15) is 11.3 Å². The smallest absolute Gasteiger partial charge is 0.225 e. The van der Waals surface area contributed by atoms with E-state index in [1.807, 2.05) is 49.1 Å². The number of amides is 2. The van der Waals surface area contributed by atoms with Crippen molar-refractivity contribution in [2.45, 2.75) is 76.3 Å². The number of ketones is 1. The van der Waals surface area contributed by atoms with Gasteiger partial charge < -0.3 is 15.2 Å². The van der Waals surface area contributed by atoms with Crippen LogP contribution in [0.4, 0.5) is 4.39 Å². The highest BCUT2D eigenvalue weighted by Crippen LogP contribution is 2.47. The summed E-state index contributed by atoms with van der Waals surface area (Å²) in [7, 11) is 0. The molecule has 1 saturated heterocycles. The summed E-state index contributed by atoms with van der Waals surface area (Å²) in [6.45, 7) is 4.55. The molecule has 200 valence electrons. The molecule has 1 aromatic heterocycles. The van der Waals surface area contributed by atoms with Crippen molar-refractivity contribution >= 4 is 28.6 Å². The van der Waals surface area contributed by atoms with Gasteiger partial charge in [0.15, 0.2) is 11.6 Å². The standard InChI is InChI=1S/C30H35FN4O3/c1-18(29-32-24-13-8-12-23(31)28(24)34-29)15-26(36)25(17-27(37)35-14-7-6-9-19(35)2)33-30(38)22-16-21(22)20-10-4-3-5-11-20/h3-5,8,10-13,18-19,21-22,25H,6-7,9,14-17H2,1-2H3,(H,32,34)(H,33,38)/t18-,19+,21-,22+,25+/m1/s1. The number of fused-ring (bicyclic) bond motifs is 1. The number of H-pyrrole nitrogens is 1. The van der Waals surface area contributed by atoms with Crippen LogP contribution >= 0.6 is 0 Å². The van der Waals surface area contributed by atoms with Gasteiger partial charge in [0.25, 0.3) is 0 Å². The summed E-state index contributed by atoms with van der Waals surface area (Å²) >= 11 is 0. The van der Waals surface area contributed by atoms with Crippen molar-refractivity contribution in [3.05, 3.63) is 65.7 Å². The minimum Gasteiger partial charge on any atom is -0.346 e. The van der Waals surface area contributed by atoms with Crippen molar-refractivity contribution in [1.29, 1.82) is 0 Å². The summed E-state index contributed by atoms with van der Waals surface area (Å²) < 4.78 is 14.1. The predicted octanol–water partition coefficient (Wildman–Crippen LogP) is 4.84. The zero-order chi connectivity index (χ0) is 26.8. The van der Waals surface area contributed by atoms with Gasteiger partial charge in [0.05, 0.1) is 18.0 Å². The van der Waals surface area contributed by atoms with Crippen molar-refractivity contribution in [3.8, 4) is 0 Å². The van der Waals surface area contributed by atoms with Gasteiger partial charge in [-0.1, -0.05) is 43.3 Å². The molecule has 1 saturated carbocycles. The van der Waals surface area contributed by atoms with Gasteiger partial charge in [-0.15, -0.1) is 0 Å². The van der Waals surface area contributed by atoms with Gasteiger partial charge in [-0.2, -0.15) is 0 Å². The molecule has 38 heavy (non-hydrogen) atoms. The number of para-hydroxylation sites is 1. The number of carbonyl (C=O) groups is 3. The summed E-state index contributed by atoms with van der Waals surface area (Å²) in [5, 5.41) is 2.93. The molecule has 7 nitrogen and oxygen atoms in total. The van der Waals surface area contributed by atoms with Crippen molar-refractivity contribution in [1.82, 2.24) is 20.2 Å². The molecular weight excluding hydrogens is 483 g/mol. The number of rotatable bonds is 9. The quantitative estimate of drug-likeness (QED) is 0.424. The van der Waals surface area contributed by atoms with Crippen molar-refractivity contribution in [2.24, 2.45) is 5.92 Å². The summed E-state index contributed by atoms with van der Waals surface area (Å²) in [6, 6.07) is 13.8. The van der Waals surface area contributed by atoms with Gasteiger partial charge in [0.2, 0.25) is 11.8 Å². The van der Waals surface area contributed by atoms with Crippen molar-refractivity contribution in [2.75, 3.05) is 6.54 Å². The highest BCUT2D eigenvalue weighted by atomic mass is 19.1. The van der Waals surface area contributed by atoms with Crippen LogP contribution in [-0.4, -0.2) is 51.1 Å². The third kappa shape index (κ3) is 5.64. The summed E-state index contributed by atoms with van der Waals surface area (Å²) in [5.41, 5.74) is 1.92. The topological polar surface area (TPSA) is 95.2 Å². The van der Waals surface area contributed by atoms with Crippen LogP contribution in [0.15, 0.2) is 48.5 Å². The summed E-state index contributed by atoms with van der Waals surface area (Å²) in [6.07, 6.45) is 3.72. The Morgan fingerprint density at radius 3 is 2.63 bits per heavy atom. The molecule has 2 fully saturated rings. The molecule has 0 unspecified atom stereocenters. The Labute approximate surface area is 222 Å². The number of benzene rings is 2. The number of aromatic amines is 1. The number of hydrogen-bond acceptors (Lipinski definition) is 4. The van der Waals surface area contributed by atoms with Crippen molar-refractivity contribution < 1.29 is 18.8 Å². The van der Waals surface area contributed by atoms with Gasteiger partial charge in [-0.05, 0) is 56.2 Å². The fraction of sp³-hybridized carbons (Fsp3) is 0.467. The number of imidazole rings is 1. The van der Waals surface area contributed by atoms with Gasteiger partial charge in [-0.3, -0.25) is 14.4 Å². The van der Waals surface area contributed by atoms with Crippen LogP contribution in [0.1, 0.15) is 75.6 Å². The Kier molecular flexibility index (Phi) is 7.58. The number of halogens is 1. The first-order valence-electron chi connectivity index (χ1n) is 13.6. The van der Waals surface area contributed by atoms with E-state index in [4.69, 9.17) is 0 Å². The molecule has 1 aliphatic heterocycles. The number of piperidine rings is 1. The minimum atomic E-state index is -0.912. The first-order chi connectivity index (χ1) is 18.3. The highest BCUT2D eigenvalue weighted by Gasteiger charge is 2.45. The molecule has 5 atom stereocenters. The monoisotopic (exact) mass is 518 g/mol. The lowest BCUT2D eigenvalue weighted by atomic mass is 9.96. The Morgan fingerprint density at radius 1 is 1.11 bits per heavy atom. The number of likely N-dealkylation sites (tertiary alicyclic amines) is 1. The van der Waals surface area contributed by atoms with E-state index < -0.39 is 11.9 Å². The van der Waals surface area contributed by atoms with E-state index in [-0.39, 0.29) is 59.8 Å². The Balaban J connectivity index is 1.29. The van der Waals surface area contributed by atoms with Crippen LogP contribution in [-0.2, 0) is 14.4 Å². The van der Waals surface area contributed by atoms with Crippen LogP contribution in [0.3, 0.4) is 0 Å². The van der Waals surface area contributed by atoms with Crippen LogP contribution in [0.2, 0.25) is 0 Å². The normalized spacial score (nSPS) is 22.6. The maximum atomic E-state index is 14.1. The summed E-state index contributed by atoms with van der Waals surface area (Å²) in [4.78, 5) is 49.3. The maximum absolute atomic E-state index is 14.1. The van der Waals surface area contributed by atoms with Gasteiger partial charge in [-0.25, -0.2) is 9.37 Å². The Bertz CT molecular complexity index is 1320. The second kappa shape index (κ2) is 11.1.